The Morgan fingerprint density at radius 1 is 0.900 bits per heavy atom. The summed E-state index contributed by atoms with van der Waals surface area (Å²) in [6.07, 6.45) is 3.76. The molecule has 2 fully saturated rings. The molecule has 1 atom stereocenters. The summed E-state index contributed by atoms with van der Waals surface area (Å²) in [6, 6.07) is 21.0. The van der Waals surface area contributed by atoms with Gasteiger partial charge in [0.2, 0.25) is 16.0 Å². The molecule has 0 amide bonds. The number of nitrogens with zero attached hydrogens (tertiary/aromatic N) is 4. The van der Waals surface area contributed by atoms with Crippen molar-refractivity contribution >= 4 is 44.7 Å². The van der Waals surface area contributed by atoms with Crippen molar-refractivity contribution in [2.45, 2.75) is 56.0 Å². The molecule has 1 aromatic heterocycles. The molecule has 3 heterocycles. The molecule has 0 spiro atoms. The van der Waals surface area contributed by atoms with Crippen molar-refractivity contribution in [1.82, 2.24) is 14.7 Å². The maximum Gasteiger partial charge on any atom is 0.242 e. The Morgan fingerprint density at radius 3 is 2.40 bits per heavy atom. The zero-order valence-electron chi connectivity index (χ0n) is 28.8. The standard InChI is InChI=1S/C37H45N7O5S/c1-25-23-44(24-26-12-15-29(47-2)16-13-26)36-34(25)35(38-31-10-6-7-11-33(31)50(45,46)42-27-8-4-5-9-27)40-37(41-36)39-30-17-14-28(22-32(30)48-3)43-18-20-49-21-19-43/h6-7,10-17,22,25,27,42H,4-5,8-9,18-21,23-24H2,1-3H3,(H2,38,39,40,41). The third-order valence-electron chi connectivity index (χ3n) is 9.66. The van der Waals surface area contributed by atoms with Crippen LogP contribution in [0.15, 0.2) is 71.6 Å². The second-order valence-electron chi connectivity index (χ2n) is 13.1. The quantitative estimate of drug-likeness (QED) is 0.157. The molecule has 3 aromatic carbocycles. The third-order valence-corrected chi connectivity index (χ3v) is 11.2. The molecule has 264 valence electrons. The van der Waals surface area contributed by atoms with Crippen LogP contribution in [-0.2, 0) is 21.3 Å². The number of benzene rings is 3. The fourth-order valence-corrected chi connectivity index (χ4v) is 8.55. The van der Waals surface area contributed by atoms with Crippen LogP contribution in [-0.4, -0.2) is 71.5 Å². The molecule has 2 aliphatic heterocycles. The highest BCUT2D eigenvalue weighted by Crippen LogP contribution is 2.43. The van der Waals surface area contributed by atoms with E-state index >= 15 is 0 Å². The van der Waals surface area contributed by atoms with Crippen molar-refractivity contribution in [1.29, 1.82) is 0 Å². The average molecular weight is 700 g/mol. The first-order valence-corrected chi connectivity index (χ1v) is 18.8. The second kappa shape index (κ2) is 14.7. The molecule has 3 N–H and O–H groups in total. The summed E-state index contributed by atoms with van der Waals surface area (Å²) in [5.41, 5.74) is 4.26. The van der Waals surface area contributed by atoms with E-state index < -0.39 is 10.0 Å². The van der Waals surface area contributed by atoms with Crippen LogP contribution in [0.2, 0.25) is 0 Å². The minimum atomic E-state index is -3.78. The number of hydrogen-bond donors (Lipinski definition) is 3. The lowest BCUT2D eigenvalue weighted by Crippen LogP contribution is -2.36. The normalized spacial score (nSPS) is 17.9. The Kier molecular flexibility index (Phi) is 9.97. The van der Waals surface area contributed by atoms with Gasteiger partial charge in [-0.25, -0.2) is 13.1 Å². The number of sulfonamides is 1. The smallest absolute Gasteiger partial charge is 0.242 e. The molecule has 1 aliphatic carbocycles. The SMILES string of the molecule is COc1ccc(CN2CC(C)c3c(Nc4ccccc4S(=O)(=O)NC4CCCC4)nc(Nc4ccc(N5CCOCC5)cc4OC)nc32)cc1. The predicted molar refractivity (Wildman–Crippen MR) is 196 cm³/mol. The average Bonchev–Trinajstić information content (AvgIpc) is 3.76. The molecular formula is C37H45N7O5S. The monoisotopic (exact) mass is 699 g/mol. The molecule has 3 aliphatic rings. The summed E-state index contributed by atoms with van der Waals surface area (Å²) in [5.74, 6) is 3.22. The van der Waals surface area contributed by atoms with Crippen molar-refractivity contribution in [3.05, 3.63) is 77.9 Å². The van der Waals surface area contributed by atoms with E-state index in [1.165, 1.54) is 0 Å². The number of hydrogen-bond acceptors (Lipinski definition) is 11. The van der Waals surface area contributed by atoms with Crippen molar-refractivity contribution < 1.29 is 22.6 Å². The van der Waals surface area contributed by atoms with Crippen LogP contribution in [0.4, 0.5) is 34.6 Å². The number of para-hydroxylation sites is 1. The molecular weight excluding hydrogens is 655 g/mol. The van der Waals surface area contributed by atoms with Crippen LogP contribution < -0.4 is 34.6 Å². The van der Waals surface area contributed by atoms with Gasteiger partial charge in [0, 0.05) is 55.5 Å². The number of rotatable bonds is 12. The minimum absolute atomic E-state index is 0.0525. The van der Waals surface area contributed by atoms with Crippen LogP contribution >= 0.6 is 0 Å². The van der Waals surface area contributed by atoms with E-state index in [4.69, 9.17) is 24.2 Å². The summed E-state index contributed by atoms with van der Waals surface area (Å²) >= 11 is 0. The highest BCUT2D eigenvalue weighted by Gasteiger charge is 2.33. The van der Waals surface area contributed by atoms with Gasteiger partial charge in [-0.05, 0) is 54.8 Å². The fraction of sp³-hybridized carbons (Fsp3) is 0.405. The number of ether oxygens (including phenoxy) is 3. The molecule has 13 heteroatoms. The van der Waals surface area contributed by atoms with Gasteiger partial charge in [-0.2, -0.15) is 9.97 Å². The largest absolute Gasteiger partial charge is 0.497 e. The number of anilines is 6. The lowest BCUT2D eigenvalue weighted by atomic mass is 10.1. The van der Waals surface area contributed by atoms with Crippen molar-refractivity contribution in [2.24, 2.45) is 0 Å². The second-order valence-corrected chi connectivity index (χ2v) is 14.8. The van der Waals surface area contributed by atoms with E-state index in [0.29, 0.717) is 48.6 Å². The summed E-state index contributed by atoms with van der Waals surface area (Å²) in [4.78, 5) is 14.8. The first kappa shape index (κ1) is 33.9. The van der Waals surface area contributed by atoms with Gasteiger partial charge in [-0.3, -0.25) is 0 Å². The van der Waals surface area contributed by atoms with Gasteiger partial charge < -0.3 is 34.6 Å². The summed E-state index contributed by atoms with van der Waals surface area (Å²) in [7, 11) is -0.473. The Morgan fingerprint density at radius 2 is 1.66 bits per heavy atom. The number of nitrogens with one attached hydrogen (secondary N) is 3. The number of aromatic nitrogens is 2. The van der Waals surface area contributed by atoms with Crippen LogP contribution in [0.3, 0.4) is 0 Å². The zero-order chi connectivity index (χ0) is 34.7. The fourth-order valence-electron chi connectivity index (χ4n) is 7.08. The van der Waals surface area contributed by atoms with Gasteiger partial charge in [0.05, 0.1) is 38.8 Å². The van der Waals surface area contributed by atoms with Gasteiger partial charge in [0.25, 0.3) is 0 Å². The lowest BCUT2D eigenvalue weighted by Gasteiger charge is -2.29. The van der Waals surface area contributed by atoms with Gasteiger partial charge in [-0.1, -0.05) is 44.0 Å². The Balaban J connectivity index is 1.25. The van der Waals surface area contributed by atoms with E-state index in [1.807, 2.05) is 30.3 Å². The maximum atomic E-state index is 13.7. The van der Waals surface area contributed by atoms with Crippen LogP contribution in [0.25, 0.3) is 0 Å². The lowest BCUT2D eigenvalue weighted by molar-refractivity contribution is 0.122. The highest BCUT2D eigenvalue weighted by molar-refractivity contribution is 7.89. The molecule has 1 unspecified atom stereocenters. The maximum absolute atomic E-state index is 13.7. The van der Waals surface area contributed by atoms with E-state index in [2.05, 4.69) is 50.3 Å². The zero-order valence-corrected chi connectivity index (χ0v) is 29.6. The molecule has 1 saturated carbocycles. The van der Waals surface area contributed by atoms with E-state index in [-0.39, 0.29) is 16.9 Å². The van der Waals surface area contributed by atoms with Crippen molar-refractivity contribution in [3.8, 4) is 11.5 Å². The first-order chi connectivity index (χ1) is 24.3. The van der Waals surface area contributed by atoms with Crippen molar-refractivity contribution in [2.75, 3.05) is 67.5 Å². The number of morpholine rings is 1. The van der Waals surface area contributed by atoms with Crippen molar-refractivity contribution in [3.63, 3.8) is 0 Å². The summed E-state index contributed by atoms with van der Waals surface area (Å²) < 4.78 is 47.0. The Hall–Kier alpha value is -4.59. The van der Waals surface area contributed by atoms with Crippen LogP contribution in [0.5, 0.6) is 11.5 Å². The topological polar surface area (TPSA) is 130 Å². The molecule has 4 aromatic rings. The molecule has 0 radical (unpaired) electrons. The molecule has 1 saturated heterocycles. The van der Waals surface area contributed by atoms with Crippen LogP contribution in [0.1, 0.15) is 49.7 Å². The van der Waals surface area contributed by atoms with E-state index in [0.717, 1.165) is 73.7 Å². The van der Waals surface area contributed by atoms with Gasteiger partial charge in [-0.15, -0.1) is 0 Å². The minimum Gasteiger partial charge on any atom is -0.497 e. The third kappa shape index (κ3) is 7.30. The van der Waals surface area contributed by atoms with E-state index in [9.17, 15) is 8.42 Å². The Bertz CT molecular complexity index is 1910. The molecule has 0 bridgehead atoms. The van der Waals surface area contributed by atoms with Crippen LogP contribution in [0, 0.1) is 0 Å². The first-order valence-electron chi connectivity index (χ1n) is 17.3. The summed E-state index contributed by atoms with van der Waals surface area (Å²) in [5, 5.41) is 6.85. The van der Waals surface area contributed by atoms with Gasteiger partial charge in [0.1, 0.15) is 28.0 Å². The van der Waals surface area contributed by atoms with Gasteiger partial charge >= 0.3 is 0 Å². The molecule has 12 nitrogen and oxygen atoms in total. The number of methoxy groups -OCH3 is 2. The molecule has 7 rings (SSSR count). The van der Waals surface area contributed by atoms with Gasteiger partial charge in [0.15, 0.2) is 0 Å². The highest BCUT2D eigenvalue weighted by atomic mass is 32.2. The van der Waals surface area contributed by atoms with E-state index in [1.54, 1.807) is 32.4 Å². The summed E-state index contributed by atoms with van der Waals surface area (Å²) in [6.45, 7) is 6.50. The molecule has 50 heavy (non-hydrogen) atoms. The Labute approximate surface area is 294 Å². The predicted octanol–water partition coefficient (Wildman–Crippen LogP) is 6.16. The number of fused-ring (bicyclic) bond motifs is 1.